The first kappa shape index (κ1) is 88.4. The maximum Gasteiger partial charge on any atom is 0.410 e. The third-order valence-electron chi connectivity index (χ3n) is 18.2. The number of phenols is 1. The molecule has 1 saturated heterocycles. The number of nitrogens with one attached hydrogen (secondary N) is 5. The minimum Gasteiger partial charge on any atom is -0.508 e. The van der Waals surface area contributed by atoms with Gasteiger partial charge in [0.25, 0.3) is 5.56 Å². The summed E-state index contributed by atoms with van der Waals surface area (Å²) in [7, 11) is 1.61. The van der Waals surface area contributed by atoms with Gasteiger partial charge in [-0.3, -0.25) is 28.8 Å². The molecule has 2 aromatic carbocycles. The lowest BCUT2D eigenvalue weighted by molar-refractivity contribution is -0.271. The molecule has 6 amide bonds. The number of methoxy groups -OCH3 is 1. The monoisotopic (exact) mass is 1550 g/mol. The zero-order valence-electron chi connectivity index (χ0n) is 63.5. The molecule has 9 atom stereocenters. The molecule has 3 aliphatic rings. The number of aromatic hydroxyl groups is 1. The Bertz CT molecular complexity index is 3850. The Morgan fingerprint density at radius 3 is 1.94 bits per heavy atom. The number of aliphatic carboxylic acids is 1. The van der Waals surface area contributed by atoms with Crippen molar-refractivity contribution in [1.29, 1.82) is 0 Å². The van der Waals surface area contributed by atoms with Crippen LogP contribution in [0.3, 0.4) is 0 Å². The van der Waals surface area contributed by atoms with Crippen LogP contribution in [0.4, 0.5) is 10.5 Å². The third kappa shape index (κ3) is 25.6. The SMILES string of the molecule is C=C1OCc2c(cc3n(c2=O)Cc2cc4c(CN(C(=O)OCc5ccc(NC(=O)[C@H](C)NC(=O)[C@@H](NC(=O)[C@H](CCCCNC(=O)CCC(C)=O)NC(=O)CCOCCOCCOCCOCCOCCOCCOCCOC)C(C)C)c(O[C@@H]6O[C@H](C(=O)O)[C@@H](O)[C@H](O)[C@H]6O)c5)C(C)C)c(O)ccc4nc2-3)[C@]1(C)O. The van der Waals surface area contributed by atoms with Gasteiger partial charge in [0.05, 0.1) is 140 Å². The molecule has 0 radical (unpaired) electrons. The first-order chi connectivity index (χ1) is 52.5. The number of amides is 6. The van der Waals surface area contributed by atoms with Gasteiger partial charge in [-0.05, 0) is 102 Å². The molecule has 5 heterocycles. The Kier molecular flexibility index (Phi) is 35.1. The number of ketones is 1. The Labute approximate surface area is 636 Å². The summed E-state index contributed by atoms with van der Waals surface area (Å²) in [6, 6.07) is 6.05. The lowest BCUT2D eigenvalue weighted by Crippen LogP contribution is -2.61. The van der Waals surface area contributed by atoms with Crippen molar-refractivity contribution in [3.63, 3.8) is 0 Å². The van der Waals surface area contributed by atoms with Crippen molar-refractivity contribution in [3.8, 4) is 22.9 Å². The van der Waals surface area contributed by atoms with Crippen molar-refractivity contribution in [3.05, 3.63) is 93.0 Å². The number of anilines is 1. The van der Waals surface area contributed by atoms with Crippen LogP contribution < -0.4 is 36.9 Å². The molecule has 608 valence electrons. The van der Waals surface area contributed by atoms with E-state index in [2.05, 4.69) is 33.2 Å². The average molecular weight is 1550 g/mol. The number of carbonyl (C=O) groups excluding carboxylic acids is 7. The Morgan fingerprint density at radius 1 is 0.727 bits per heavy atom. The molecule has 35 heteroatoms. The first-order valence-corrected chi connectivity index (χ1v) is 36.6. The maximum atomic E-state index is 14.2. The van der Waals surface area contributed by atoms with E-state index in [0.29, 0.717) is 124 Å². The number of benzene rings is 2. The van der Waals surface area contributed by atoms with E-state index in [4.69, 9.17) is 61.8 Å². The van der Waals surface area contributed by atoms with Gasteiger partial charge in [-0.1, -0.05) is 26.5 Å². The quantitative estimate of drug-likeness (QED) is 0.0248. The van der Waals surface area contributed by atoms with Crippen LogP contribution in [-0.4, -0.2) is 260 Å². The highest BCUT2D eigenvalue weighted by molar-refractivity contribution is 5.99. The van der Waals surface area contributed by atoms with E-state index in [1.807, 2.05) is 0 Å². The summed E-state index contributed by atoms with van der Waals surface area (Å²) < 4.78 is 67.7. The normalized spacial score (nSPS) is 18.6. The molecule has 11 N–H and O–H groups in total. The number of aliphatic hydroxyl groups excluding tert-OH is 3. The zero-order valence-corrected chi connectivity index (χ0v) is 63.5. The number of rotatable bonds is 48. The van der Waals surface area contributed by atoms with E-state index in [-0.39, 0.29) is 130 Å². The minimum absolute atomic E-state index is 0.0112. The summed E-state index contributed by atoms with van der Waals surface area (Å²) in [6.45, 7) is 19.6. The van der Waals surface area contributed by atoms with Crippen molar-refractivity contribution in [2.45, 2.75) is 174 Å². The van der Waals surface area contributed by atoms with Gasteiger partial charge < -0.3 is 128 Å². The van der Waals surface area contributed by atoms with Crippen LogP contribution in [0.2, 0.25) is 0 Å². The van der Waals surface area contributed by atoms with Crippen LogP contribution >= 0.6 is 0 Å². The van der Waals surface area contributed by atoms with Crippen LogP contribution in [0, 0.1) is 5.92 Å². The molecule has 0 saturated carbocycles. The van der Waals surface area contributed by atoms with Gasteiger partial charge in [-0.25, -0.2) is 14.6 Å². The average Bonchev–Trinajstić information content (AvgIpc) is 1.54. The molecule has 0 aliphatic carbocycles. The number of Topliss-reactive ketones (excluding diaryl/α,β-unsaturated/α-hetero) is 1. The van der Waals surface area contributed by atoms with Gasteiger partial charge in [0.2, 0.25) is 35.8 Å². The number of hydrogen-bond acceptors (Lipinski definition) is 27. The topological polar surface area (TPSA) is 467 Å². The van der Waals surface area contributed by atoms with Gasteiger partial charge in [0.15, 0.2) is 6.10 Å². The largest absolute Gasteiger partial charge is 0.508 e. The van der Waals surface area contributed by atoms with Crippen molar-refractivity contribution < 1.29 is 126 Å². The molecular weight excluding hydrogens is 1440 g/mol. The Morgan fingerprint density at radius 2 is 1.35 bits per heavy atom. The minimum atomic E-state index is -2.11. The molecule has 0 spiro atoms. The lowest BCUT2D eigenvalue weighted by Gasteiger charge is -2.38. The number of fused-ring (bicyclic) bond motifs is 5. The maximum absolute atomic E-state index is 14.2. The third-order valence-corrected chi connectivity index (χ3v) is 18.2. The van der Waals surface area contributed by atoms with Crippen LogP contribution in [0.1, 0.15) is 115 Å². The molecule has 35 nitrogen and oxygen atoms in total. The fourth-order valence-electron chi connectivity index (χ4n) is 11.8. The van der Waals surface area contributed by atoms with Gasteiger partial charge in [-0.2, -0.15) is 0 Å². The van der Waals surface area contributed by atoms with Crippen molar-refractivity contribution >= 4 is 64.0 Å². The molecule has 0 bridgehead atoms. The van der Waals surface area contributed by atoms with Crippen molar-refractivity contribution in [1.82, 2.24) is 35.7 Å². The molecular formula is C75H106N8O27. The summed E-state index contributed by atoms with van der Waals surface area (Å²) in [5.74, 6) is -6.21. The summed E-state index contributed by atoms with van der Waals surface area (Å²) in [5.41, 5.74) is 0.892. The standard InChI is InChI=1S/C75H106N8O27/c1-43(2)62(81-69(92)56(12-10-11-20-76-60(86)18-13-45(5)84)78-61(87)19-21-100-24-25-102-28-29-104-32-33-106-35-34-105-31-30-103-27-26-101-23-22-99-9)70(93)77-46(6)68(91)80-55-15-14-48(36-59(55)109-73-66(90)64(88)65(89)67(110-73)72(95)96)41-108-74(97)82(44(3)4)40-51-50-37-49-39-83-57(63(49)79-54(50)16-17-58(51)85)38-53-52(71(83)94)42-107-47(7)75(53,8)98/h14-17,36-38,43-44,46,56,62,64-67,73,85,88-90,98H,7,10-13,18-35,39-42H2,1-6,8-9H3,(H,76,86)(H,77,93)(H,78,87)(H,80,91)(H,81,92)(H,95,96)/t46-,56-,62-,64-,65-,66+,67-,73+,75+/m0/s1. The number of ether oxygens (including phenoxy) is 12. The molecule has 0 unspecified atom stereocenters. The molecule has 4 aromatic rings. The zero-order chi connectivity index (χ0) is 80.2. The van der Waals surface area contributed by atoms with Gasteiger partial charge in [0, 0.05) is 61.0 Å². The number of carboxylic acid groups (broad SMARTS) is 1. The van der Waals surface area contributed by atoms with Crippen molar-refractivity contribution in [2.75, 3.05) is 118 Å². The number of carbonyl (C=O) groups is 8. The van der Waals surface area contributed by atoms with E-state index >= 15 is 0 Å². The highest BCUT2D eigenvalue weighted by Gasteiger charge is 2.49. The molecule has 3 aliphatic heterocycles. The summed E-state index contributed by atoms with van der Waals surface area (Å²) in [5, 5.41) is 78.6. The first-order valence-electron chi connectivity index (χ1n) is 36.6. The molecule has 2 aromatic heterocycles. The van der Waals surface area contributed by atoms with E-state index in [1.165, 1.54) is 54.5 Å². The second-order valence-electron chi connectivity index (χ2n) is 27.3. The number of unbranched alkanes of at least 4 members (excludes halogenated alkanes) is 1. The highest BCUT2D eigenvalue weighted by Crippen LogP contribution is 2.41. The molecule has 7 rings (SSSR count). The van der Waals surface area contributed by atoms with E-state index < -0.39 is 109 Å². The summed E-state index contributed by atoms with van der Waals surface area (Å²) in [6.07, 6.45) is -10.6. The second-order valence-corrected chi connectivity index (χ2v) is 27.3. The van der Waals surface area contributed by atoms with E-state index in [1.54, 1.807) is 53.0 Å². The number of aliphatic hydroxyl groups is 4. The smallest absolute Gasteiger partial charge is 0.410 e. The number of carboxylic acids is 1. The molecule has 110 heavy (non-hydrogen) atoms. The fourth-order valence-corrected chi connectivity index (χ4v) is 11.8. The van der Waals surface area contributed by atoms with Crippen molar-refractivity contribution in [2.24, 2.45) is 5.92 Å². The fraction of sp³-hybridized carbons (Fsp3) is 0.600. The molecule has 1 fully saturated rings. The number of pyridine rings is 2. The number of hydrogen-bond donors (Lipinski definition) is 11. The van der Waals surface area contributed by atoms with Crippen LogP contribution in [0.25, 0.3) is 22.3 Å². The van der Waals surface area contributed by atoms with E-state index in [9.17, 15) is 73.8 Å². The highest BCUT2D eigenvalue weighted by atomic mass is 16.7. The van der Waals surface area contributed by atoms with Crippen LogP contribution in [0.5, 0.6) is 11.5 Å². The lowest BCUT2D eigenvalue weighted by atomic mass is 9.88. The Balaban J connectivity index is 0.946. The van der Waals surface area contributed by atoms with Crippen LogP contribution in [0.15, 0.2) is 59.6 Å². The summed E-state index contributed by atoms with van der Waals surface area (Å²) in [4.78, 5) is 126. The predicted octanol–water partition coefficient (Wildman–Crippen LogP) is 2.08. The Hall–Kier alpha value is -8.82. The van der Waals surface area contributed by atoms with Gasteiger partial charge >= 0.3 is 12.1 Å². The number of nitrogens with zero attached hydrogens (tertiary/aromatic N) is 3. The number of aromatic nitrogens is 2. The van der Waals surface area contributed by atoms with Crippen LogP contribution in [-0.2, 0) is 118 Å². The summed E-state index contributed by atoms with van der Waals surface area (Å²) >= 11 is 0. The van der Waals surface area contributed by atoms with E-state index in [0.717, 1.165) is 0 Å². The predicted molar refractivity (Wildman–Crippen MR) is 392 cm³/mol. The van der Waals surface area contributed by atoms with Gasteiger partial charge in [-0.15, -0.1) is 0 Å². The second kappa shape index (κ2) is 43.7. The number of phenolic OH excluding ortho intramolecular Hbond substituents is 1. The van der Waals surface area contributed by atoms with Gasteiger partial charge in [0.1, 0.15) is 78.3 Å².